The highest BCUT2D eigenvalue weighted by atomic mass is 14.9. The number of fused-ring (bicyclic) bond motifs is 3. The number of nitrogens with one attached hydrogen (secondary N) is 1. The van der Waals surface area contributed by atoms with Crippen molar-refractivity contribution in [1.29, 1.82) is 0 Å². The lowest BCUT2D eigenvalue weighted by Crippen LogP contribution is -2.15. The van der Waals surface area contributed by atoms with Crippen molar-refractivity contribution in [3.63, 3.8) is 0 Å². The first-order chi connectivity index (χ1) is 16.1. The quantitative estimate of drug-likeness (QED) is 0.341. The third-order valence-corrected chi connectivity index (χ3v) is 7.84. The second-order valence-electron chi connectivity index (χ2n) is 10.2. The predicted molar refractivity (Wildman–Crippen MR) is 140 cm³/mol. The van der Waals surface area contributed by atoms with Crippen LogP contribution in [-0.2, 0) is 5.41 Å². The van der Waals surface area contributed by atoms with Crippen molar-refractivity contribution >= 4 is 11.4 Å². The van der Waals surface area contributed by atoms with Crippen LogP contribution in [0.4, 0.5) is 11.4 Å². The van der Waals surface area contributed by atoms with Gasteiger partial charge in [0, 0.05) is 22.4 Å². The molecule has 2 aliphatic carbocycles. The molecule has 0 unspecified atom stereocenters. The lowest BCUT2D eigenvalue weighted by atomic mass is 9.82. The van der Waals surface area contributed by atoms with Crippen LogP contribution in [0.5, 0.6) is 0 Å². The zero-order valence-corrected chi connectivity index (χ0v) is 19.6. The van der Waals surface area contributed by atoms with Gasteiger partial charge in [0.25, 0.3) is 0 Å². The molecule has 0 radical (unpaired) electrons. The van der Waals surface area contributed by atoms with Crippen LogP contribution >= 0.6 is 0 Å². The van der Waals surface area contributed by atoms with Gasteiger partial charge < -0.3 is 5.32 Å². The van der Waals surface area contributed by atoms with E-state index in [0.717, 1.165) is 17.3 Å². The average molecular weight is 430 g/mol. The standard InChI is InChI=1S/C32H31N/c1-32(2)29-13-7-5-12-27(29)28-20-19-25(21-30(28)32)33-31-14-8-6-11-26(31)24-17-15-23(16-18-24)22-9-3-4-10-22/h5-8,11-22,33H,3-4,9-10H2,1-2H3. The van der Waals surface area contributed by atoms with Gasteiger partial charge >= 0.3 is 0 Å². The highest BCUT2D eigenvalue weighted by Gasteiger charge is 2.35. The number of para-hydroxylation sites is 1. The maximum absolute atomic E-state index is 3.73. The number of hydrogen-bond acceptors (Lipinski definition) is 1. The van der Waals surface area contributed by atoms with Crippen LogP contribution in [0.15, 0.2) is 91.0 Å². The first-order valence-electron chi connectivity index (χ1n) is 12.3. The highest BCUT2D eigenvalue weighted by molar-refractivity contribution is 5.85. The molecule has 1 heteroatoms. The summed E-state index contributed by atoms with van der Waals surface area (Å²) in [6, 6.07) is 33.6. The zero-order chi connectivity index (χ0) is 22.4. The number of anilines is 2. The molecule has 0 spiro atoms. The van der Waals surface area contributed by atoms with Gasteiger partial charge in [-0.2, -0.15) is 0 Å². The molecule has 1 fully saturated rings. The van der Waals surface area contributed by atoms with E-state index < -0.39 is 0 Å². The molecule has 0 aromatic heterocycles. The van der Waals surface area contributed by atoms with E-state index >= 15 is 0 Å². The molecule has 6 rings (SSSR count). The molecule has 1 saturated carbocycles. The van der Waals surface area contributed by atoms with Crippen molar-refractivity contribution in [2.45, 2.75) is 50.9 Å². The Bertz CT molecular complexity index is 1310. The lowest BCUT2D eigenvalue weighted by molar-refractivity contribution is 0.660. The summed E-state index contributed by atoms with van der Waals surface area (Å²) in [5.41, 5.74) is 11.9. The Labute approximate surface area is 197 Å². The predicted octanol–water partition coefficient (Wildman–Crippen LogP) is 9.06. The molecule has 2 aliphatic rings. The fraction of sp³-hybridized carbons (Fsp3) is 0.250. The maximum atomic E-state index is 3.73. The molecule has 164 valence electrons. The van der Waals surface area contributed by atoms with E-state index in [-0.39, 0.29) is 5.41 Å². The summed E-state index contributed by atoms with van der Waals surface area (Å²) in [4.78, 5) is 0. The topological polar surface area (TPSA) is 12.0 Å². The van der Waals surface area contributed by atoms with Gasteiger partial charge in [-0.15, -0.1) is 0 Å². The Kier molecular flexibility index (Phi) is 4.87. The Morgan fingerprint density at radius 1 is 0.667 bits per heavy atom. The normalized spacial score (nSPS) is 16.4. The van der Waals surface area contributed by atoms with E-state index in [4.69, 9.17) is 0 Å². The second-order valence-corrected chi connectivity index (χ2v) is 10.2. The fourth-order valence-corrected chi connectivity index (χ4v) is 5.98. The average Bonchev–Trinajstić information content (AvgIpc) is 3.46. The van der Waals surface area contributed by atoms with E-state index in [0.29, 0.717) is 0 Å². The molecule has 33 heavy (non-hydrogen) atoms. The van der Waals surface area contributed by atoms with Gasteiger partial charge in [-0.3, -0.25) is 0 Å². The third-order valence-electron chi connectivity index (χ3n) is 7.84. The van der Waals surface area contributed by atoms with Crippen molar-refractivity contribution in [1.82, 2.24) is 0 Å². The van der Waals surface area contributed by atoms with E-state index in [1.165, 1.54) is 64.6 Å². The third kappa shape index (κ3) is 3.47. The van der Waals surface area contributed by atoms with E-state index in [9.17, 15) is 0 Å². The molecular weight excluding hydrogens is 398 g/mol. The molecule has 0 heterocycles. The second kappa shape index (κ2) is 7.92. The smallest absolute Gasteiger partial charge is 0.0463 e. The molecule has 0 bridgehead atoms. The Morgan fingerprint density at radius 3 is 2.12 bits per heavy atom. The van der Waals surface area contributed by atoms with Gasteiger partial charge in [-0.1, -0.05) is 99.5 Å². The minimum Gasteiger partial charge on any atom is -0.355 e. The fourth-order valence-electron chi connectivity index (χ4n) is 5.98. The summed E-state index contributed by atoms with van der Waals surface area (Å²) in [5.74, 6) is 0.756. The van der Waals surface area contributed by atoms with Crippen molar-refractivity contribution in [3.8, 4) is 22.3 Å². The van der Waals surface area contributed by atoms with Crippen LogP contribution in [0, 0.1) is 0 Å². The molecule has 4 aromatic carbocycles. The lowest BCUT2D eigenvalue weighted by Gasteiger charge is -2.22. The highest BCUT2D eigenvalue weighted by Crippen LogP contribution is 2.49. The number of benzene rings is 4. The van der Waals surface area contributed by atoms with Gasteiger partial charge in [0.2, 0.25) is 0 Å². The van der Waals surface area contributed by atoms with Crippen LogP contribution in [0.3, 0.4) is 0 Å². The van der Waals surface area contributed by atoms with Crippen LogP contribution in [-0.4, -0.2) is 0 Å². The SMILES string of the molecule is CC1(C)c2ccccc2-c2ccc(Nc3ccccc3-c3ccc(C4CCCC4)cc3)cc21. The summed E-state index contributed by atoms with van der Waals surface area (Å²) >= 11 is 0. The Balaban J connectivity index is 1.32. The summed E-state index contributed by atoms with van der Waals surface area (Å²) in [5, 5.41) is 3.73. The van der Waals surface area contributed by atoms with Crippen molar-refractivity contribution < 1.29 is 0 Å². The monoisotopic (exact) mass is 429 g/mol. The molecule has 0 atom stereocenters. The van der Waals surface area contributed by atoms with Gasteiger partial charge in [0.15, 0.2) is 0 Å². The van der Waals surface area contributed by atoms with Gasteiger partial charge in [0.1, 0.15) is 0 Å². The molecule has 1 N–H and O–H groups in total. The van der Waals surface area contributed by atoms with E-state index in [1.54, 1.807) is 0 Å². The first kappa shape index (κ1) is 20.3. The molecular formula is C32H31N. The molecule has 0 aliphatic heterocycles. The zero-order valence-electron chi connectivity index (χ0n) is 19.6. The van der Waals surface area contributed by atoms with Gasteiger partial charge in [-0.05, 0) is 70.3 Å². The van der Waals surface area contributed by atoms with Crippen molar-refractivity contribution in [2.75, 3.05) is 5.32 Å². The van der Waals surface area contributed by atoms with E-state index in [2.05, 4.69) is 110 Å². The van der Waals surface area contributed by atoms with Gasteiger partial charge in [-0.25, -0.2) is 0 Å². The maximum Gasteiger partial charge on any atom is 0.0463 e. The summed E-state index contributed by atoms with van der Waals surface area (Å²) in [7, 11) is 0. The van der Waals surface area contributed by atoms with Crippen molar-refractivity contribution in [2.24, 2.45) is 0 Å². The molecule has 0 amide bonds. The largest absolute Gasteiger partial charge is 0.355 e. The first-order valence-corrected chi connectivity index (χ1v) is 12.3. The summed E-state index contributed by atoms with van der Waals surface area (Å²) in [6.07, 6.45) is 5.44. The van der Waals surface area contributed by atoms with Crippen LogP contribution in [0.2, 0.25) is 0 Å². The minimum absolute atomic E-state index is 0.0131. The summed E-state index contributed by atoms with van der Waals surface area (Å²) in [6.45, 7) is 4.67. The van der Waals surface area contributed by atoms with Gasteiger partial charge in [0.05, 0.1) is 0 Å². The Morgan fingerprint density at radius 2 is 1.33 bits per heavy atom. The minimum atomic E-state index is 0.0131. The van der Waals surface area contributed by atoms with Crippen molar-refractivity contribution in [3.05, 3.63) is 108 Å². The van der Waals surface area contributed by atoms with Crippen LogP contribution in [0.25, 0.3) is 22.3 Å². The van der Waals surface area contributed by atoms with Crippen LogP contribution in [0.1, 0.15) is 62.1 Å². The molecule has 0 saturated heterocycles. The molecule has 4 aromatic rings. The number of hydrogen-bond donors (Lipinski definition) is 1. The number of rotatable bonds is 4. The summed E-state index contributed by atoms with van der Waals surface area (Å²) < 4.78 is 0. The molecule has 1 nitrogen and oxygen atoms in total. The van der Waals surface area contributed by atoms with Crippen LogP contribution < -0.4 is 5.32 Å². The Hall–Kier alpha value is -3.32. The van der Waals surface area contributed by atoms with E-state index in [1.807, 2.05) is 0 Å².